The van der Waals surface area contributed by atoms with E-state index in [2.05, 4.69) is 20.9 Å². The van der Waals surface area contributed by atoms with Crippen molar-refractivity contribution >= 4 is 59.2 Å². The molecule has 0 aromatic heterocycles. The highest BCUT2D eigenvalue weighted by Crippen LogP contribution is 2.19. The van der Waals surface area contributed by atoms with Gasteiger partial charge in [0.15, 0.2) is 5.96 Å². The van der Waals surface area contributed by atoms with Gasteiger partial charge in [0, 0.05) is 41.2 Å². The average molecular weight is 499 g/mol. The predicted octanol–water partition coefficient (Wildman–Crippen LogP) is 3.52. The van der Waals surface area contributed by atoms with Crippen molar-refractivity contribution in [2.24, 2.45) is 4.99 Å². The first kappa shape index (κ1) is 24.3. The lowest BCUT2D eigenvalue weighted by atomic mass is 10.3. The third-order valence-electron chi connectivity index (χ3n) is 2.88. The predicted molar refractivity (Wildman–Crippen MR) is 119 cm³/mol. The van der Waals surface area contributed by atoms with E-state index in [1.807, 2.05) is 45.0 Å². The second kappa shape index (κ2) is 14.5. The van der Waals surface area contributed by atoms with Crippen LogP contribution in [0.25, 0.3) is 0 Å². The third kappa shape index (κ3) is 12.3. The van der Waals surface area contributed by atoms with Crippen LogP contribution in [0.5, 0.6) is 0 Å². The zero-order valence-electron chi connectivity index (χ0n) is 15.0. The molecule has 0 atom stereocenters. The van der Waals surface area contributed by atoms with E-state index in [-0.39, 0.29) is 35.9 Å². The molecule has 0 spiro atoms. The fourth-order valence-electron chi connectivity index (χ4n) is 1.87. The zero-order valence-corrected chi connectivity index (χ0v) is 18.9. The van der Waals surface area contributed by atoms with Crippen LogP contribution in [0, 0.1) is 0 Å². The van der Waals surface area contributed by atoms with Crippen LogP contribution in [-0.4, -0.2) is 43.3 Å². The van der Waals surface area contributed by atoms with Crippen molar-refractivity contribution in [1.82, 2.24) is 16.0 Å². The number of nitrogens with one attached hydrogen (secondary N) is 3. The van der Waals surface area contributed by atoms with E-state index in [9.17, 15) is 4.79 Å². The Morgan fingerprint density at radius 3 is 2.52 bits per heavy atom. The van der Waals surface area contributed by atoms with E-state index in [0.717, 1.165) is 29.8 Å². The van der Waals surface area contributed by atoms with Crippen molar-refractivity contribution in [2.45, 2.75) is 38.1 Å². The summed E-state index contributed by atoms with van der Waals surface area (Å²) < 4.78 is 0. The van der Waals surface area contributed by atoms with Crippen LogP contribution >= 0.6 is 47.3 Å². The number of aliphatic imine (C=N–C) groups is 1. The molecule has 0 saturated heterocycles. The summed E-state index contributed by atoms with van der Waals surface area (Å²) in [6, 6.07) is 7.98. The summed E-state index contributed by atoms with van der Waals surface area (Å²) in [7, 11) is 0. The summed E-state index contributed by atoms with van der Waals surface area (Å²) in [5.41, 5.74) is 0. The molecule has 0 fully saturated rings. The van der Waals surface area contributed by atoms with E-state index >= 15 is 0 Å². The number of rotatable bonds is 9. The molecule has 1 aromatic carbocycles. The van der Waals surface area contributed by atoms with Gasteiger partial charge in [-0.15, -0.1) is 35.7 Å². The van der Waals surface area contributed by atoms with Gasteiger partial charge in [0.1, 0.15) is 0 Å². The van der Waals surface area contributed by atoms with Crippen molar-refractivity contribution in [3.63, 3.8) is 0 Å². The van der Waals surface area contributed by atoms with E-state index in [0.29, 0.717) is 13.0 Å². The van der Waals surface area contributed by atoms with Crippen LogP contribution < -0.4 is 16.0 Å². The molecule has 0 heterocycles. The maximum Gasteiger partial charge on any atom is 0.222 e. The Balaban J connectivity index is 0.00000576. The number of amides is 1. The molecule has 3 N–H and O–H groups in total. The summed E-state index contributed by atoms with van der Waals surface area (Å²) in [6.45, 7) is 7.96. The summed E-state index contributed by atoms with van der Waals surface area (Å²) >= 11 is 7.63. The molecule has 1 rings (SSSR count). The Bertz CT molecular complexity index is 526. The van der Waals surface area contributed by atoms with Crippen molar-refractivity contribution in [1.29, 1.82) is 0 Å². The van der Waals surface area contributed by atoms with Crippen molar-refractivity contribution in [3.8, 4) is 0 Å². The molecule has 0 bridgehead atoms. The lowest BCUT2D eigenvalue weighted by Gasteiger charge is -2.11. The molecule has 25 heavy (non-hydrogen) atoms. The van der Waals surface area contributed by atoms with Crippen LogP contribution in [0.2, 0.25) is 5.02 Å². The maximum absolute atomic E-state index is 11.6. The molecule has 0 aliphatic heterocycles. The standard InChI is InChI=1S/C17H27ClN4OS.HI/c1-4-19-17(20-10-9-16(23)22-13(2)3)21-11-12-24-15-7-5-14(18)6-8-15;/h5-8,13H,4,9-12H2,1-3H3,(H,22,23)(H2,19,20,21);1H. The van der Waals surface area contributed by atoms with Crippen LogP contribution in [0.4, 0.5) is 0 Å². The van der Waals surface area contributed by atoms with Crippen LogP contribution in [0.1, 0.15) is 27.2 Å². The van der Waals surface area contributed by atoms with E-state index < -0.39 is 0 Å². The van der Waals surface area contributed by atoms with Crippen LogP contribution in [0.3, 0.4) is 0 Å². The molecule has 142 valence electrons. The normalized spacial score (nSPS) is 11.0. The number of carbonyl (C=O) groups excluding carboxylic acids is 1. The van der Waals surface area contributed by atoms with Gasteiger partial charge in [-0.2, -0.15) is 0 Å². The maximum atomic E-state index is 11.6. The fourth-order valence-corrected chi connectivity index (χ4v) is 2.77. The summed E-state index contributed by atoms with van der Waals surface area (Å²) in [4.78, 5) is 17.2. The topological polar surface area (TPSA) is 65.5 Å². The Labute approximate surface area is 177 Å². The molecular formula is C17H28ClIN4OS. The molecule has 0 saturated carbocycles. The quantitative estimate of drug-likeness (QED) is 0.160. The van der Waals surface area contributed by atoms with Gasteiger partial charge in [-0.3, -0.25) is 9.79 Å². The highest BCUT2D eigenvalue weighted by Gasteiger charge is 2.03. The molecule has 0 aliphatic carbocycles. The van der Waals surface area contributed by atoms with Gasteiger partial charge in [0.05, 0.1) is 6.54 Å². The average Bonchev–Trinajstić information content (AvgIpc) is 2.52. The van der Waals surface area contributed by atoms with Gasteiger partial charge in [-0.1, -0.05) is 11.6 Å². The third-order valence-corrected chi connectivity index (χ3v) is 4.15. The first-order valence-electron chi connectivity index (χ1n) is 8.21. The summed E-state index contributed by atoms with van der Waals surface area (Å²) in [6.07, 6.45) is 0.397. The van der Waals surface area contributed by atoms with Gasteiger partial charge in [0.25, 0.3) is 0 Å². The molecule has 0 unspecified atom stereocenters. The monoisotopic (exact) mass is 498 g/mol. The zero-order chi connectivity index (χ0) is 17.8. The SMILES string of the molecule is CCNC(=NCCC(=O)NC(C)C)NCCSc1ccc(Cl)cc1.I. The Morgan fingerprint density at radius 2 is 1.92 bits per heavy atom. The second-order valence-corrected chi connectivity index (χ2v) is 7.07. The Morgan fingerprint density at radius 1 is 1.24 bits per heavy atom. The number of guanidine groups is 1. The first-order valence-corrected chi connectivity index (χ1v) is 9.57. The van der Waals surface area contributed by atoms with Crippen molar-refractivity contribution in [2.75, 3.05) is 25.4 Å². The smallest absolute Gasteiger partial charge is 0.222 e. The first-order chi connectivity index (χ1) is 11.5. The minimum absolute atomic E-state index is 0. The van der Waals surface area contributed by atoms with E-state index in [1.54, 1.807) is 11.8 Å². The molecule has 1 aromatic rings. The largest absolute Gasteiger partial charge is 0.357 e. The van der Waals surface area contributed by atoms with Crippen molar-refractivity contribution < 1.29 is 4.79 Å². The molecule has 0 radical (unpaired) electrons. The number of thioether (sulfide) groups is 1. The minimum atomic E-state index is 0. The number of nitrogens with zero attached hydrogens (tertiary/aromatic N) is 1. The number of hydrogen-bond donors (Lipinski definition) is 3. The summed E-state index contributed by atoms with van der Waals surface area (Å²) in [5.74, 6) is 1.69. The van der Waals surface area contributed by atoms with Crippen LogP contribution in [-0.2, 0) is 4.79 Å². The minimum Gasteiger partial charge on any atom is -0.357 e. The highest BCUT2D eigenvalue weighted by atomic mass is 127. The fraction of sp³-hybridized carbons (Fsp3) is 0.529. The van der Waals surface area contributed by atoms with Gasteiger partial charge in [-0.25, -0.2) is 0 Å². The number of hydrogen-bond acceptors (Lipinski definition) is 3. The van der Waals surface area contributed by atoms with E-state index in [1.165, 1.54) is 4.90 Å². The number of carbonyl (C=O) groups is 1. The number of benzene rings is 1. The van der Waals surface area contributed by atoms with Gasteiger partial charge in [0.2, 0.25) is 5.91 Å². The Kier molecular flexibility index (Phi) is 14.1. The number of halogens is 2. The molecule has 0 aliphatic rings. The molecule has 8 heteroatoms. The molecule has 1 amide bonds. The van der Waals surface area contributed by atoms with Crippen molar-refractivity contribution in [3.05, 3.63) is 29.3 Å². The van der Waals surface area contributed by atoms with Crippen LogP contribution in [0.15, 0.2) is 34.2 Å². The van der Waals surface area contributed by atoms with Gasteiger partial charge in [-0.05, 0) is 45.0 Å². The summed E-state index contributed by atoms with van der Waals surface area (Å²) in [5, 5.41) is 10.1. The lowest BCUT2D eigenvalue weighted by molar-refractivity contribution is -0.121. The molecular weight excluding hydrogens is 471 g/mol. The molecule has 5 nitrogen and oxygen atoms in total. The van der Waals surface area contributed by atoms with E-state index in [4.69, 9.17) is 11.6 Å². The second-order valence-electron chi connectivity index (χ2n) is 5.46. The van der Waals surface area contributed by atoms with Gasteiger partial charge >= 0.3 is 0 Å². The Hall–Kier alpha value is -0.670. The lowest BCUT2D eigenvalue weighted by Crippen LogP contribution is -2.38. The highest BCUT2D eigenvalue weighted by molar-refractivity contribution is 14.0. The van der Waals surface area contributed by atoms with Gasteiger partial charge < -0.3 is 16.0 Å².